The molecule has 29 heavy (non-hydrogen) atoms. The normalized spacial score (nSPS) is 16.2. The van der Waals surface area contributed by atoms with E-state index in [1.165, 1.54) is 5.56 Å². The molecular weight excluding hydrogens is 495 g/mol. The number of halogens is 1. The van der Waals surface area contributed by atoms with Crippen molar-refractivity contribution in [3.63, 3.8) is 0 Å². The van der Waals surface area contributed by atoms with Crippen LogP contribution in [0.4, 0.5) is 0 Å². The highest BCUT2D eigenvalue weighted by Gasteiger charge is 2.19. The Hall–Kier alpha value is -1.45. The molecule has 3 rings (SSSR count). The van der Waals surface area contributed by atoms with Crippen molar-refractivity contribution >= 4 is 40.7 Å². The molecule has 1 N–H and O–H groups in total. The average Bonchev–Trinajstić information content (AvgIpc) is 2.73. The summed E-state index contributed by atoms with van der Waals surface area (Å²) in [6.45, 7) is 5.64. The topological polar surface area (TPSA) is 47.9 Å². The molecule has 2 aromatic rings. The molecule has 0 radical (unpaired) electrons. The zero-order chi connectivity index (χ0) is 19.6. The summed E-state index contributed by atoms with van der Waals surface area (Å²) in [6, 6.07) is 20.6. The Balaban J connectivity index is 0.00000300. The lowest BCUT2D eigenvalue weighted by Gasteiger charge is -2.36. The second-order valence-electron chi connectivity index (χ2n) is 7.00. The van der Waals surface area contributed by atoms with Gasteiger partial charge in [-0.2, -0.15) is 0 Å². The minimum atomic E-state index is -0.867. The van der Waals surface area contributed by atoms with E-state index < -0.39 is 10.8 Å². The Morgan fingerprint density at radius 1 is 0.966 bits per heavy atom. The molecule has 1 atom stereocenters. The Morgan fingerprint density at radius 3 is 2.14 bits per heavy atom. The fraction of sp³-hybridized carbons (Fsp3) is 0.409. The van der Waals surface area contributed by atoms with Crippen molar-refractivity contribution < 1.29 is 4.21 Å². The molecule has 0 spiro atoms. The molecule has 1 aliphatic heterocycles. The molecule has 1 aliphatic rings. The van der Waals surface area contributed by atoms with Crippen LogP contribution in [-0.2, 0) is 23.1 Å². The summed E-state index contributed by atoms with van der Waals surface area (Å²) in [4.78, 5) is 9.19. The first-order chi connectivity index (χ1) is 13.7. The average molecular weight is 526 g/mol. The van der Waals surface area contributed by atoms with Crippen molar-refractivity contribution in [1.82, 2.24) is 15.1 Å². The molecule has 1 unspecified atom stereocenters. The number of hydrogen-bond acceptors (Lipinski definition) is 3. The number of benzene rings is 2. The van der Waals surface area contributed by atoms with E-state index in [1.807, 2.05) is 37.4 Å². The highest BCUT2D eigenvalue weighted by atomic mass is 127. The molecule has 0 amide bonds. The summed E-state index contributed by atoms with van der Waals surface area (Å²) in [5.41, 5.74) is 2.49. The van der Waals surface area contributed by atoms with Gasteiger partial charge < -0.3 is 10.2 Å². The van der Waals surface area contributed by atoms with Crippen LogP contribution in [0.15, 0.2) is 65.7 Å². The van der Waals surface area contributed by atoms with Gasteiger partial charge in [0.2, 0.25) is 0 Å². The SMILES string of the molecule is CN=C(NCCS(=O)Cc1ccccc1)N1CCN(Cc2ccccc2)CC1.I. The van der Waals surface area contributed by atoms with Gasteiger partial charge in [-0.25, -0.2) is 0 Å². The molecule has 1 heterocycles. The highest BCUT2D eigenvalue weighted by Crippen LogP contribution is 2.08. The number of nitrogens with zero attached hydrogens (tertiary/aromatic N) is 3. The van der Waals surface area contributed by atoms with Crippen molar-refractivity contribution in [2.24, 2.45) is 4.99 Å². The van der Waals surface area contributed by atoms with E-state index >= 15 is 0 Å². The van der Waals surface area contributed by atoms with Crippen LogP contribution in [0.1, 0.15) is 11.1 Å². The molecule has 5 nitrogen and oxygen atoms in total. The van der Waals surface area contributed by atoms with Crippen molar-refractivity contribution in [2.45, 2.75) is 12.3 Å². The monoisotopic (exact) mass is 526 g/mol. The lowest BCUT2D eigenvalue weighted by molar-refractivity contribution is 0.172. The first kappa shape index (κ1) is 23.8. The molecule has 1 saturated heterocycles. The molecule has 0 aliphatic carbocycles. The van der Waals surface area contributed by atoms with Gasteiger partial charge in [-0.3, -0.25) is 14.1 Å². The summed E-state index contributed by atoms with van der Waals surface area (Å²) < 4.78 is 12.3. The minimum absolute atomic E-state index is 0. The van der Waals surface area contributed by atoms with Gasteiger partial charge in [-0.05, 0) is 11.1 Å². The van der Waals surface area contributed by atoms with E-state index in [-0.39, 0.29) is 24.0 Å². The largest absolute Gasteiger partial charge is 0.355 e. The van der Waals surface area contributed by atoms with Crippen molar-refractivity contribution in [3.05, 3.63) is 71.8 Å². The van der Waals surface area contributed by atoms with Crippen LogP contribution < -0.4 is 5.32 Å². The lowest BCUT2D eigenvalue weighted by atomic mass is 10.2. The van der Waals surface area contributed by atoms with Gasteiger partial charge >= 0.3 is 0 Å². The van der Waals surface area contributed by atoms with Crippen LogP contribution in [0.25, 0.3) is 0 Å². The zero-order valence-corrected chi connectivity index (χ0v) is 20.1. The molecule has 0 bridgehead atoms. The number of rotatable bonds is 7. The van der Waals surface area contributed by atoms with Crippen LogP contribution in [0, 0.1) is 0 Å². The third kappa shape index (κ3) is 8.06. The molecule has 7 heteroatoms. The van der Waals surface area contributed by atoms with E-state index in [4.69, 9.17) is 0 Å². The van der Waals surface area contributed by atoms with Gasteiger partial charge in [0.05, 0.1) is 0 Å². The van der Waals surface area contributed by atoms with Crippen LogP contribution in [0.3, 0.4) is 0 Å². The fourth-order valence-corrected chi connectivity index (χ4v) is 4.44. The van der Waals surface area contributed by atoms with Gasteiger partial charge in [0.1, 0.15) is 0 Å². The van der Waals surface area contributed by atoms with Crippen LogP contribution in [-0.4, -0.2) is 65.5 Å². The third-order valence-electron chi connectivity index (χ3n) is 4.92. The van der Waals surface area contributed by atoms with E-state index in [0.717, 1.165) is 44.2 Å². The number of hydrogen-bond donors (Lipinski definition) is 1. The maximum absolute atomic E-state index is 12.3. The van der Waals surface area contributed by atoms with Gasteiger partial charge in [-0.15, -0.1) is 24.0 Å². The maximum atomic E-state index is 12.3. The smallest absolute Gasteiger partial charge is 0.193 e. The molecule has 1 fully saturated rings. The van der Waals surface area contributed by atoms with Crippen LogP contribution >= 0.6 is 24.0 Å². The fourth-order valence-electron chi connectivity index (χ4n) is 3.40. The Bertz CT molecular complexity index is 765. The summed E-state index contributed by atoms with van der Waals surface area (Å²) in [5, 5.41) is 3.38. The minimum Gasteiger partial charge on any atom is -0.355 e. The molecule has 158 valence electrons. The number of aliphatic imine (C=N–C) groups is 1. The predicted molar refractivity (Wildman–Crippen MR) is 133 cm³/mol. The van der Waals surface area contributed by atoms with E-state index in [1.54, 1.807) is 0 Å². The maximum Gasteiger partial charge on any atom is 0.193 e. The molecular formula is C22H31IN4OS. The first-order valence-corrected chi connectivity index (χ1v) is 11.3. The van der Waals surface area contributed by atoms with Gasteiger partial charge in [-0.1, -0.05) is 60.7 Å². The number of guanidine groups is 1. The standard InChI is InChI=1S/C22H30N4OS.HI/c1-23-22(24-12-17-28(27)19-21-10-6-3-7-11-21)26-15-13-25(14-16-26)18-20-8-4-2-5-9-20;/h2-11H,12-19H2,1H3,(H,23,24);1H. The Morgan fingerprint density at radius 2 is 1.55 bits per heavy atom. The van der Waals surface area contributed by atoms with E-state index in [0.29, 0.717) is 18.1 Å². The summed E-state index contributed by atoms with van der Waals surface area (Å²) in [6.07, 6.45) is 0. The highest BCUT2D eigenvalue weighted by molar-refractivity contribution is 14.0. The Kier molecular flexibility index (Phi) is 10.7. The van der Waals surface area contributed by atoms with Gasteiger partial charge in [0.15, 0.2) is 5.96 Å². The van der Waals surface area contributed by atoms with E-state index in [9.17, 15) is 4.21 Å². The van der Waals surface area contributed by atoms with Crippen LogP contribution in [0.2, 0.25) is 0 Å². The third-order valence-corrected chi connectivity index (χ3v) is 6.23. The van der Waals surface area contributed by atoms with E-state index in [2.05, 4.69) is 50.4 Å². The predicted octanol–water partition coefficient (Wildman–Crippen LogP) is 2.95. The molecule has 0 aromatic heterocycles. The first-order valence-electron chi connectivity index (χ1n) is 9.85. The zero-order valence-electron chi connectivity index (χ0n) is 17.0. The number of nitrogens with one attached hydrogen (secondary N) is 1. The summed E-state index contributed by atoms with van der Waals surface area (Å²) in [7, 11) is 0.952. The molecule has 0 saturated carbocycles. The second-order valence-corrected chi connectivity index (χ2v) is 8.57. The van der Waals surface area contributed by atoms with Gasteiger partial charge in [0.25, 0.3) is 0 Å². The second kappa shape index (κ2) is 13.0. The molecule has 2 aromatic carbocycles. The summed E-state index contributed by atoms with van der Waals surface area (Å²) >= 11 is 0. The van der Waals surface area contributed by atoms with Crippen molar-refractivity contribution in [2.75, 3.05) is 45.5 Å². The van der Waals surface area contributed by atoms with Crippen LogP contribution in [0.5, 0.6) is 0 Å². The van der Waals surface area contributed by atoms with Crippen molar-refractivity contribution in [1.29, 1.82) is 0 Å². The lowest BCUT2D eigenvalue weighted by Crippen LogP contribution is -2.52. The summed E-state index contributed by atoms with van der Waals surface area (Å²) in [5.74, 6) is 2.15. The van der Waals surface area contributed by atoms with Crippen molar-refractivity contribution in [3.8, 4) is 0 Å². The number of piperazine rings is 1. The van der Waals surface area contributed by atoms with Gasteiger partial charge in [0, 0.05) is 68.6 Å². The quantitative estimate of drug-likeness (QED) is 0.343. The Labute approximate surface area is 194 Å².